The predicted molar refractivity (Wildman–Crippen MR) is 91.9 cm³/mol. The average molecular weight is 332 g/mol. The molecule has 0 saturated heterocycles. The van der Waals surface area contributed by atoms with Gasteiger partial charge in [-0.2, -0.15) is 0 Å². The minimum Gasteiger partial charge on any atom is -0.355 e. The van der Waals surface area contributed by atoms with Crippen molar-refractivity contribution in [3.8, 4) is 0 Å². The zero-order valence-corrected chi connectivity index (χ0v) is 13.7. The van der Waals surface area contributed by atoms with Gasteiger partial charge in [0.15, 0.2) is 0 Å². The van der Waals surface area contributed by atoms with E-state index < -0.39 is 0 Å². The number of nitrogens with one attached hydrogen (secondary N) is 3. The molecule has 0 unspecified atom stereocenters. The third kappa shape index (κ3) is 4.72. The molecule has 2 rings (SSSR count). The van der Waals surface area contributed by atoms with E-state index in [0.717, 1.165) is 5.56 Å². The topological polar surface area (TPSA) is 70.2 Å². The maximum Gasteiger partial charge on any atom is 0.319 e. The molecule has 0 bridgehead atoms. The van der Waals surface area contributed by atoms with Crippen LogP contribution in [0.25, 0.3) is 0 Å². The lowest BCUT2D eigenvalue weighted by Crippen LogP contribution is -2.28. The lowest BCUT2D eigenvalue weighted by atomic mass is 10.1. The summed E-state index contributed by atoms with van der Waals surface area (Å²) in [6.45, 7) is 2.44. The molecule has 0 aliphatic heterocycles. The number of benzene rings is 2. The fourth-order valence-corrected chi connectivity index (χ4v) is 2.24. The molecule has 0 aliphatic carbocycles. The minimum absolute atomic E-state index is 0.273. The summed E-state index contributed by atoms with van der Waals surface area (Å²) in [5.41, 5.74) is 3.06. The van der Waals surface area contributed by atoms with E-state index >= 15 is 0 Å². The Morgan fingerprint density at radius 3 is 2.39 bits per heavy atom. The molecule has 0 spiro atoms. The maximum absolute atomic E-state index is 11.9. The molecule has 120 valence electrons. The van der Waals surface area contributed by atoms with Crippen molar-refractivity contribution in [1.82, 2.24) is 10.6 Å². The van der Waals surface area contributed by atoms with Crippen LogP contribution in [0.2, 0.25) is 5.02 Å². The monoisotopic (exact) mass is 331 g/mol. The normalized spacial score (nSPS) is 10.0. The highest BCUT2D eigenvalue weighted by Crippen LogP contribution is 2.20. The predicted octanol–water partition coefficient (Wildman–Crippen LogP) is 3.33. The lowest BCUT2D eigenvalue weighted by molar-refractivity contribution is 0.0963. The van der Waals surface area contributed by atoms with Gasteiger partial charge in [-0.05, 0) is 30.7 Å². The number of hydrogen-bond acceptors (Lipinski definition) is 2. The van der Waals surface area contributed by atoms with Crippen LogP contribution < -0.4 is 16.0 Å². The van der Waals surface area contributed by atoms with Crippen LogP contribution in [0.3, 0.4) is 0 Å². The third-order valence-electron chi connectivity index (χ3n) is 3.27. The number of urea groups is 1. The van der Waals surface area contributed by atoms with Crippen LogP contribution in [0.5, 0.6) is 0 Å². The quantitative estimate of drug-likeness (QED) is 0.804. The van der Waals surface area contributed by atoms with E-state index in [-0.39, 0.29) is 17.0 Å². The fourth-order valence-electron chi connectivity index (χ4n) is 1.98. The SMILES string of the molecule is CNC(=O)c1ccc(NC(=O)NCc2ccc(C)cc2)cc1Cl. The summed E-state index contributed by atoms with van der Waals surface area (Å²) in [6, 6.07) is 12.3. The summed E-state index contributed by atoms with van der Waals surface area (Å²) < 4.78 is 0. The van der Waals surface area contributed by atoms with Crippen LogP contribution in [0.4, 0.5) is 10.5 Å². The molecule has 0 aliphatic rings. The fraction of sp³-hybridized carbons (Fsp3) is 0.176. The zero-order valence-electron chi connectivity index (χ0n) is 12.9. The summed E-state index contributed by atoms with van der Waals surface area (Å²) in [7, 11) is 1.53. The number of aryl methyl sites for hydroxylation is 1. The van der Waals surface area contributed by atoms with Crippen molar-refractivity contribution in [2.24, 2.45) is 0 Å². The van der Waals surface area contributed by atoms with Crippen LogP contribution in [-0.4, -0.2) is 19.0 Å². The van der Waals surface area contributed by atoms with E-state index in [9.17, 15) is 9.59 Å². The van der Waals surface area contributed by atoms with Crippen LogP contribution >= 0.6 is 11.6 Å². The number of rotatable bonds is 4. The average Bonchev–Trinajstić information content (AvgIpc) is 2.54. The second kappa shape index (κ2) is 7.65. The standard InChI is InChI=1S/C17H18ClN3O2/c1-11-3-5-12(6-4-11)10-20-17(23)21-13-7-8-14(15(18)9-13)16(22)19-2/h3-9H,10H2,1-2H3,(H,19,22)(H2,20,21,23). The molecular formula is C17H18ClN3O2. The first-order valence-corrected chi connectivity index (χ1v) is 7.49. The molecule has 6 heteroatoms. The van der Waals surface area contributed by atoms with Crippen molar-refractivity contribution >= 4 is 29.2 Å². The van der Waals surface area contributed by atoms with Gasteiger partial charge in [0.2, 0.25) is 0 Å². The summed E-state index contributed by atoms with van der Waals surface area (Å²) in [4.78, 5) is 23.5. The summed E-state index contributed by atoms with van der Waals surface area (Å²) in [5.74, 6) is -0.273. The highest BCUT2D eigenvalue weighted by molar-refractivity contribution is 6.34. The first kappa shape index (κ1) is 16.8. The van der Waals surface area contributed by atoms with Gasteiger partial charge in [-0.25, -0.2) is 4.79 Å². The Kier molecular flexibility index (Phi) is 5.60. The van der Waals surface area contributed by atoms with Gasteiger partial charge in [0.05, 0.1) is 10.6 Å². The Bertz CT molecular complexity index is 714. The van der Waals surface area contributed by atoms with E-state index in [2.05, 4.69) is 16.0 Å². The van der Waals surface area contributed by atoms with Crippen molar-refractivity contribution in [3.63, 3.8) is 0 Å². The Hall–Kier alpha value is -2.53. The van der Waals surface area contributed by atoms with E-state index in [1.54, 1.807) is 12.1 Å². The largest absolute Gasteiger partial charge is 0.355 e. The molecule has 2 aromatic rings. The van der Waals surface area contributed by atoms with Crippen molar-refractivity contribution < 1.29 is 9.59 Å². The van der Waals surface area contributed by atoms with E-state index in [4.69, 9.17) is 11.6 Å². The zero-order chi connectivity index (χ0) is 16.8. The van der Waals surface area contributed by atoms with Crippen molar-refractivity contribution in [2.45, 2.75) is 13.5 Å². The molecule has 3 N–H and O–H groups in total. The van der Waals surface area contributed by atoms with E-state index in [0.29, 0.717) is 17.8 Å². The number of halogens is 1. The van der Waals surface area contributed by atoms with Gasteiger partial charge in [0, 0.05) is 19.3 Å². The highest BCUT2D eigenvalue weighted by Gasteiger charge is 2.10. The van der Waals surface area contributed by atoms with Gasteiger partial charge in [0.1, 0.15) is 0 Å². The van der Waals surface area contributed by atoms with Crippen molar-refractivity contribution in [3.05, 3.63) is 64.2 Å². The Balaban J connectivity index is 1.93. The summed E-state index contributed by atoms with van der Waals surface area (Å²) in [6.07, 6.45) is 0. The maximum atomic E-state index is 11.9. The highest BCUT2D eigenvalue weighted by atomic mass is 35.5. The smallest absolute Gasteiger partial charge is 0.319 e. The molecule has 0 heterocycles. The molecular weight excluding hydrogens is 314 g/mol. The molecule has 0 aromatic heterocycles. The van der Waals surface area contributed by atoms with Gasteiger partial charge >= 0.3 is 6.03 Å². The number of hydrogen-bond donors (Lipinski definition) is 3. The van der Waals surface area contributed by atoms with Gasteiger partial charge in [0.25, 0.3) is 5.91 Å². The van der Waals surface area contributed by atoms with E-state index in [1.807, 2.05) is 31.2 Å². The van der Waals surface area contributed by atoms with Gasteiger partial charge in [-0.1, -0.05) is 41.4 Å². The second-order valence-electron chi connectivity index (χ2n) is 5.07. The van der Waals surface area contributed by atoms with Gasteiger partial charge in [-0.15, -0.1) is 0 Å². The molecule has 0 atom stereocenters. The van der Waals surface area contributed by atoms with Crippen LogP contribution in [0.15, 0.2) is 42.5 Å². The molecule has 0 radical (unpaired) electrons. The Labute approximate surface area is 140 Å². The van der Waals surface area contributed by atoms with Crippen molar-refractivity contribution in [2.75, 3.05) is 12.4 Å². The van der Waals surface area contributed by atoms with Crippen molar-refractivity contribution in [1.29, 1.82) is 0 Å². The van der Waals surface area contributed by atoms with E-state index in [1.165, 1.54) is 18.7 Å². The Morgan fingerprint density at radius 1 is 1.09 bits per heavy atom. The number of carbonyl (C=O) groups is 2. The molecule has 5 nitrogen and oxygen atoms in total. The summed E-state index contributed by atoms with van der Waals surface area (Å²) in [5, 5.41) is 8.22. The third-order valence-corrected chi connectivity index (χ3v) is 3.59. The second-order valence-corrected chi connectivity index (χ2v) is 5.47. The van der Waals surface area contributed by atoms with Gasteiger partial charge < -0.3 is 16.0 Å². The summed E-state index contributed by atoms with van der Waals surface area (Å²) >= 11 is 6.04. The molecule has 0 saturated carbocycles. The minimum atomic E-state index is -0.339. The van der Waals surface area contributed by atoms with Crippen LogP contribution in [0, 0.1) is 6.92 Å². The molecule has 23 heavy (non-hydrogen) atoms. The Morgan fingerprint density at radius 2 is 1.78 bits per heavy atom. The molecule has 2 aromatic carbocycles. The van der Waals surface area contributed by atoms with Crippen LogP contribution in [0.1, 0.15) is 21.5 Å². The number of amides is 3. The first-order valence-electron chi connectivity index (χ1n) is 7.11. The molecule has 3 amide bonds. The van der Waals surface area contributed by atoms with Gasteiger partial charge in [-0.3, -0.25) is 4.79 Å². The van der Waals surface area contributed by atoms with Crippen LogP contribution in [-0.2, 0) is 6.54 Å². The molecule has 0 fully saturated rings. The lowest BCUT2D eigenvalue weighted by Gasteiger charge is -2.10. The first-order chi connectivity index (χ1) is 11.0. The number of carbonyl (C=O) groups excluding carboxylic acids is 2. The number of anilines is 1.